The summed E-state index contributed by atoms with van der Waals surface area (Å²) in [6, 6.07) is 8.49. The molecule has 1 spiro atoms. The van der Waals surface area contributed by atoms with Gasteiger partial charge < -0.3 is 15.2 Å². The van der Waals surface area contributed by atoms with Crippen LogP contribution in [0.5, 0.6) is 0 Å². The second-order valence-corrected chi connectivity index (χ2v) is 9.49. The van der Waals surface area contributed by atoms with Crippen LogP contribution < -0.4 is 10.6 Å². The molecule has 0 bridgehead atoms. The van der Waals surface area contributed by atoms with Crippen LogP contribution in [-0.4, -0.2) is 36.0 Å². The maximum absolute atomic E-state index is 15.4. The molecule has 2 aromatic carbocycles. The zero-order valence-corrected chi connectivity index (χ0v) is 19.1. The van der Waals surface area contributed by atoms with E-state index in [1.807, 2.05) is 0 Å². The number of nitrogens with one attached hydrogen (secondary N) is 2. The van der Waals surface area contributed by atoms with Crippen molar-refractivity contribution in [3.63, 3.8) is 0 Å². The predicted octanol–water partition coefficient (Wildman–Crippen LogP) is 5.15. The van der Waals surface area contributed by atoms with Gasteiger partial charge in [-0.2, -0.15) is 0 Å². The summed E-state index contributed by atoms with van der Waals surface area (Å²) in [5.74, 6) is -2.85. The molecule has 2 fully saturated rings. The average Bonchev–Trinajstić information content (AvgIpc) is 3.06. The number of carbonyl (C=O) groups is 2. The highest BCUT2D eigenvalue weighted by molar-refractivity contribution is 6.31. The van der Waals surface area contributed by atoms with E-state index < -0.39 is 34.7 Å². The Morgan fingerprint density at radius 3 is 2.56 bits per heavy atom. The van der Waals surface area contributed by atoms with Crippen LogP contribution in [0.4, 0.5) is 10.1 Å². The van der Waals surface area contributed by atoms with Crippen LogP contribution in [0.15, 0.2) is 36.4 Å². The quantitative estimate of drug-likeness (QED) is 0.517. The van der Waals surface area contributed by atoms with E-state index in [0.29, 0.717) is 29.1 Å². The highest BCUT2D eigenvalue weighted by Crippen LogP contribution is 2.59. The number of aldehydes is 1. The number of rotatable bonds is 5. The first-order valence-electron chi connectivity index (χ1n) is 10.7. The monoisotopic (exact) mass is 478 g/mol. The smallest absolute Gasteiger partial charge is 0.321 e. The Bertz CT molecular complexity index is 1060. The van der Waals surface area contributed by atoms with Crippen molar-refractivity contribution < 1.29 is 19.1 Å². The van der Waals surface area contributed by atoms with Crippen LogP contribution in [0.1, 0.15) is 49.1 Å². The Hall–Kier alpha value is -2.15. The SMILES string of the molecule is CNc1cc(Cl)ccc1C1(C=O)C(c2cccc(Cl)c2F)[C@H](C(=O)O)NC12CCCCC2. The molecule has 3 atom stereocenters. The summed E-state index contributed by atoms with van der Waals surface area (Å²) in [5.41, 5.74) is -0.888. The molecule has 0 amide bonds. The zero-order valence-electron chi connectivity index (χ0n) is 17.6. The number of benzene rings is 2. The number of carbonyl (C=O) groups excluding carboxylic acids is 1. The molecule has 1 aliphatic carbocycles. The first-order chi connectivity index (χ1) is 15.3. The Morgan fingerprint density at radius 2 is 1.94 bits per heavy atom. The van der Waals surface area contributed by atoms with Gasteiger partial charge in [0, 0.05) is 29.2 Å². The summed E-state index contributed by atoms with van der Waals surface area (Å²) in [5, 5.41) is 17.0. The van der Waals surface area contributed by atoms with Crippen LogP contribution in [0.25, 0.3) is 0 Å². The average molecular weight is 479 g/mol. The largest absolute Gasteiger partial charge is 0.480 e. The number of hydrogen-bond acceptors (Lipinski definition) is 4. The second-order valence-electron chi connectivity index (χ2n) is 8.65. The van der Waals surface area contributed by atoms with Crippen molar-refractivity contribution in [2.45, 2.75) is 55.0 Å². The highest BCUT2D eigenvalue weighted by atomic mass is 35.5. The third kappa shape index (κ3) is 3.31. The zero-order chi connectivity index (χ0) is 23.1. The molecule has 4 rings (SSSR count). The van der Waals surface area contributed by atoms with Crippen molar-refractivity contribution in [3.8, 4) is 0 Å². The summed E-state index contributed by atoms with van der Waals surface area (Å²) in [6.07, 6.45) is 4.68. The molecule has 1 saturated heterocycles. The van der Waals surface area contributed by atoms with Crippen molar-refractivity contribution in [1.29, 1.82) is 0 Å². The Kier molecular flexibility index (Phi) is 6.23. The predicted molar refractivity (Wildman–Crippen MR) is 123 cm³/mol. The van der Waals surface area contributed by atoms with Crippen LogP contribution >= 0.6 is 23.2 Å². The van der Waals surface area contributed by atoms with E-state index in [-0.39, 0.29) is 10.6 Å². The van der Waals surface area contributed by atoms with Crippen LogP contribution in [0.2, 0.25) is 10.0 Å². The minimum Gasteiger partial charge on any atom is -0.480 e. The summed E-state index contributed by atoms with van der Waals surface area (Å²) < 4.78 is 15.4. The summed E-state index contributed by atoms with van der Waals surface area (Å²) in [6.45, 7) is 0. The van der Waals surface area contributed by atoms with Gasteiger partial charge in [0.2, 0.25) is 0 Å². The van der Waals surface area contributed by atoms with Gasteiger partial charge in [-0.05, 0) is 42.2 Å². The van der Waals surface area contributed by atoms with E-state index >= 15 is 4.39 Å². The van der Waals surface area contributed by atoms with Crippen LogP contribution in [0, 0.1) is 5.82 Å². The Balaban J connectivity index is 2.09. The maximum Gasteiger partial charge on any atom is 0.321 e. The first-order valence-corrected chi connectivity index (χ1v) is 11.5. The lowest BCUT2D eigenvalue weighted by Gasteiger charge is -2.48. The minimum atomic E-state index is -1.36. The van der Waals surface area contributed by atoms with E-state index in [1.54, 1.807) is 31.3 Å². The number of carboxylic acids is 1. The van der Waals surface area contributed by atoms with Crippen molar-refractivity contribution in [1.82, 2.24) is 5.32 Å². The molecule has 8 heteroatoms. The molecule has 2 aliphatic rings. The molecule has 2 aromatic rings. The van der Waals surface area contributed by atoms with Crippen molar-refractivity contribution in [2.75, 3.05) is 12.4 Å². The molecule has 0 radical (unpaired) electrons. The third-order valence-corrected chi connectivity index (χ3v) is 7.75. The van der Waals surface area contributed by atoms with E-state index in [4.69, 9.17) is 23.2 Å². The van der Waals surface area contributed by atoms with Crippen LogP contribution in [-0.2, 0) is 15.0 Å². The number of anilines is 1. The molecular formula is C24H25Cl2FN2O3. The normalized spacial score (nSPS) is 26.8. The number of hydrogen-bond donors (Lipinski definition) is 3. The summed E-state index contributed by atoms with van der Waals surface area (Å²) in [7, 11) is 1.72. The fourth-order valence-corrected chi connectivity index (χ4v) is 6.28. The first kappa shape index (κ1) is 23.0. The molecule has 5 nitrogen and oxygen atoms in total. The Morgan fingerprint density at radius 1 is 1.22 bits per heavy atom. The van der Waals surface area contributed by atoms with Gasteiger partial charge in [-0.1, -0.05) is 60.7 Å². The van der Waals surface area contributed by atoms with Crippen LogP contribution in [0.3, 0.4) is 0 Å². The van der Waals surface area contributed by atoms with Crippen molar-refractivity contribution >= 4 is 41.1 Å². The third-order valence-electron chi connectivity index (χ3n) is 7.22. The number of carboxylic acid groups (broad SMARTS) is 1. The van der Waals surface area contributed by atoms with Gasteiger partial charge in [-0.3, -0.25) is 10.1 Å². The summed E-state index contributed by atoms with van der Waals surface area (Å²) >= 11 is 12.3. The second kappa shape index (κ2) is 8.65. The topological polar surface area (TPSA) is 78.4 Å². The van der Waals surface area contributed by atoms with Crippen molar-refractivity contribution in [3.05, 3.63) is 63.4 Å². The molecule has 1 saturated carbocycles. The molecule has 170 valence electrons. The number of aliphatic carboxylic acids is 1. The van der Waals surface area contributed by atoms with E-state index in [2.05, 4.69) is 10.6 Å². The molecule has 32 heavy (non-hydrogen) atoms. The summed E-state index contributed by atoms with van der Waals surface area (Å²) in [4.78, 5) is 25.7. The number of halogens is 3. The maximum atomic E-state index is 15.4. The fraction of sp³-hybridized carbons (Fsp3) is 0.417. The fourth-order valence-electron chi connectivity index (χ4n) is 5.92. The van der Waals surface area contributed by atoms with Gasteiger partial charge in [-0.15, -0.1) is 0 Å². The lowest BCUT2D eigenvalue weighted by Crippen LogP contribution is -2.58. The Labute approximate surface area is 196 Å². The molecular weight excluding hydrogens is 454 g/mol. The minimum absolute atomic E-state index is 0.110. The standard InChI is InChI=1S/C24H25Cl2FN2O3/c1-28-18-12-14(25)8-9-16(18)24(13-30)19(15-6-5-7-17(26)20(15)27)21(22(31)32)29-23(24)10-3-2-4-11-23/h5-9,12-13,19,21,28-29H,2-4,10-11H2,1H3,(H,31,32)/t19?,21-,24?/m1/s1. The van der Waals surface area contributed by atoms with Gasteiger partial charge in [0.25, 0.3) is 0 Å². The lowest BCUT2D eigenvalue weighted by molar-refractivity contribution is -0.139. The molecule has 1 aliphatic heterocycles. The van der Waals surface area contributed by atoms with Gasteiger partial charge in [0.15, 0.2) is 0 Å². The van der Waals surface area contributed by atoms with E-state index in [9.17, 15) is 14.7 Å². The van der Waals surface area contributed by atoms with Gasteiger partial charge in [0.05, 0.1) is 10.4 Å². The molecule has 3 N–H and O–H groups in total. The van der Waals surface area contributed by atoms with Gasteiger partial charge in [0.1, 0.15) is 18.1 Å². The molecule has 2 unspecified atom stereocenters. The molecule has 0 aromatic heterocycles. The van der Waals surface area contributed by atoms with Crippen molar-refractivity contribution in [2.24, 2.45) is 0 Å². The van der Waals surface area contributed by atoms with E-state index in [0.717, 1.165) is 25.5 Å². The van der Waals surface area contributed by atoms with Gasteiger partial charge >= 0.3 is 5.97 Å². The highest BCUT2D eigenvalue weighted by Gasteiger charge is 2.67. The lowest BCUT2D eigenvalue weighted by atomic mass is 9.55. The molecule has 1 heterocycles. The van der Waals surface area contributed by atoms with Gasteiger partial charge in [-0.25, -0.2) is 4.39 Å². The van der Waals surface area contributed by atoms with E-state index in [1.165, 1.54) is 12.1 Å².